The van der Waals surface area contributed by atoms with Crippen LogP contribution in [0.4, 0.5) is 13.2 Å². The van der Waals surface area contributed by atoms with Crippen LogP contribution in [0.1, 0.15) is 30.7 Å². The van der Waals surface area contributed by atoms with Gasteiger partial charge < -0.3 is 5.11 Å². The van der Waals surface area contributed by atoms with Gasteiger partial charge in [0.15, 0.2) is 0 Å². The molecule has 0 radical (unpaired) electrons. The lowest BCUT2D eigenvalue weighted by atomic mass is 10.2. The average molecular weight is 315 g/mol. The van der Waals surface area contributed by atoms with Crippen LogP contribution >= 0.6 is 0 Å². The quantitative estimate of drug-likeness (QED) is 0.659. The number of hydrogen-bond donors (Lipinski definition) is 3. The molecule has 0 aliphatic rings. The Hall–Kier alpha value is -1.13. The van der Waals surface area contributed by atoms with E-state index in [1.807, 2.05) is 0 Å². The smallest absolute Gasteiger partial charge is 0.389 e. The first-order chi connectivity index (χ1) is 9.17. The van der Waals surface area contributed by atoms with Gasteiger partial charge >= 0.3 is 6.18 Å². The van der Waals surface area contributed by atoms with Crippen LogP contribution in [-0.4, -0.2) is 36.4 Å². The maximum absolute atomic E-state index is 11.9. The van der Waals surface area contributed by atoms with E-state index in [1.165, 1.54) is 6.92 Å². The number of hydrogen-bond acceptors (Lipinski definition) is 4. The number of nitrogens with zero attached hydrogens (tertiary/aromatic N) is 1. The molecule has 0 amide bonds. The number of aromatic amines is 1. The van der Waals surface area contributed by atoms with Gasteiger partial charge in [-0.05, 0) is 19.8 Å². The molecule has 0 spiro atoms. The molecule has 1 heterocycles. The summed E-state index contributed by atoms with van der Waals surface area (Å²) in [6.07, 6.45) is -5.25. The number of rotatable bonds is 7. The van der Waals surface area contributed by atoms with Crippen LogP contribution in [0.25, 0.3) is 0 Å². The molecule has 0 aliphatic carbocycles. The summed E-state index contributed by atoms with van der Waals surface area (Å²) in [6, 6.07) is 0. The molecule has 10 heteroatoms. The van der Waals surface area contributed by atoms with Crippen LogP contribution in [0.15, 0.2) is 4.90 Å². The van der Waals surface area contributed by atoms with Crippen LogP contribution in [0.2, 0.25) is 0 Å². The van der Waals surface area contributed by atoms with Gasteiger partial charge in [0.25, 0.3) is 0 Å². The maximum atomic E-state index is 11.9. The van der Waals surface area contributed by atoms with Crippen LogP contribution in [-0.2, 0) is 16.6 Å². The molecule has 6 nitrogen and oxygen atoms in total. The molecule has 0 unspecified atom stereocenters. The fourth-order valence-electron chi connectivity index (χ4n) is 1.66. The zero-order valence-electron chi connectivity index (χ0n) is 10.8. The molecule has 0 aliphatic heterocycles. The molecule has 0 bridgehead atoms. The highest BCUT2D eigenvalue weighted by Crippen LogP contribution is 2.22. The van der Waals surface area contributed by atoms with Crippen molar-refractivity contribution in [2.24, 2.45) is 0 Å². The number of nitrogens with one attached hydrogen (secondary N) is 2. The van der Waals surface area contributed by atoms with Gasteiger partial charge in [-0.3, -0.25) is 5.10 Å². The molecule has 20 heavy (non-hydrogen) atoms. The molecule has 116 valence electrons. The fraction of sp³-hybridized carbons (Fsp3) is 0.700. The summed E-state index contributed by atoms with van der Waals surface area (Å²) in [5.74, 6) is 0. The number of H-pyrrole nitrogens is 1. The van der Waals surface area contributed by atoms with E-state index in [0.717, 1.165) is 0 Å². The minimum Gasteiger partial charge on any atom is -0.390 e. The largest absolute Gasteiger partial charge is 0.390 e. The Morgan fingerprint density at radius 3 is 2.55 bits per heavy atom. The second-order valence-electron chi connectivity index (χ2n) is 4.25. The van der Waals surface area contributed by atoms with Crippen LogP contribution < -0.4 is 4.72 Å². The van der Waals surface area contributed by atoms with Crippen molar-refractivity contribution >= 4 is 10.0 Å². The Morgan fingerprint density at radius 1 is 1.35 bits per heavy atom. The Bertz CT molecular complexity index is 540. The molecule has 1 aromatic rings. The maximum Gasteiger partial charge on any atom is 0.389 e. The summed E-state index contributed by atoms with van der Waals surface area (Å²) in [7, 11) is -3.89. The molecular formula is C10H16F3N3O3S. The van der Waals surface area contributed by atoms with E-state index in [2.05, 4.69) is 14.9 Å². The lowest BCUT2D eigenvalue weighted by molar-refractivity contribution is -0.135. The summed E-state index contributed by atoms with van der Waals surface area (Å²) < 4.78 is 61.8. The van der Waals surface area contributed by atoms with Crippen molar-refractivity contribution in [3.05, 3.63) is 11.4 Å². The highest BCUT2D eigenvalue weighted by molar-refractivity contribution is 7.89. The first kappa shape index (κ1) is 16.9. The number of aryl methyl sites for hydroxylation is 1. The minimum atomic E-state index is -4.23. The van der Waals surface area contributed by atoms with E-state index < -0.39 is 29.2 Å². The molecule has 0 fully saturated rings. The third kappa shape index (κ3) is 4.76. The number of alkyl halides is 3. The van der Waals surface area contributed by atoms with Gasteiger partial charge in [-0.2, -0.15) is 18.3 Å². The Balaban J connectivity index is 2.56. The van der Waals surface area contributed by atoms with Gasteiger partial charge in [0.05, 0.1) is 12.3 Å². The van der Waals surface area contributed by atoms with Gasteiger partial charge in [0, 0.05) is 13.0 Å². The zero-order chi connectivity index (χ0) is 15.4. The van der Waals surface area contributed by atoms with Crippen molar-refractivity contribution < 1.29 is 26.7 Å². The van der Waals surface area contributed by atoms with E-state index in [1.54, 1.807) is 0 Å². The van der Waals surface area contributed by atoms with Crippen molar-refractivity contribution in [2.45, 2.75) is 43.9 Å². The Labute approximate surface area is 114 Å². The van der Waals surface area contributed by atoms with Crippen LogP contribution in [0.3, 0.4) is 0 Å². The van der Waals surface area contributed by atoms with Gasteiger partial charge in [0.1, 0.15) is 10.6 Å². The minimum absolute atomic E-state index is 0.0229. The predicted molar refractivity (Wildman–Crippen MR) is 64.3 cm³/mol. The number of unbranched alkanes of at least 4 members (excludes halogenated alkanes) is 1. The lowest BCUT2D eigenvalue weighted by Gasteiger charge is -2.08. The number of aromatic nitrogens is 2. The molecule has 0 saturated heterocycles. The second-order valence-corrected chi connectivity index (χ2v) is 5.96. The number of aliphatic hydroxyl groups is 1. The predicted octanol–water partition coefficient (Wildman–Crippen LogP) is 1.22. The first-order valence-electron chi connectivity index (χ1n) is 5.88. The second kappa shape index (κ2) is 6.55. The van der Waals surface area contributed by atoms with Crippen molar-refractivity contribution in [1.29, 1.82) is 0 Å². The van der Waals surface area contributed by atoms with Crippen molar-refractivity contribution in [3.8, 4) is 0 Å². The number of aliphatic hydroxyl groups excluding tert-OH is 1. The fourth-order valence-corrected chi connectivity index (χ4v) is 3.09. The molecule has 1 rings (SSSR count). The molecule has 1 aromatic heterocycles. The monoisotopic (exact) mass is 315 g/mol. The molecule has 0 atom stereocenters. The van der Waals surface area contributed by atoms with Gasteiger partial charge in [-0.1, -0.05) is 0 Å². The summed E-state index contributed by atoms with van der Waals surface area (Å²) in [4.78, 5) is -0.157. The van der Waals surface area contributed by atoms with Crippen LogP contribution in [0, 0.1) is 6.92 Å². The normalized spacial score (nSPS) is 12.8. The molecule has 0 saturated carbocycles. The van der Waals surface area contributed by atoms with E-state index in [9.17, 15) is 21.6 Å². The Morgan fingerprint density at radius 2 is 2.00 bits per heavy atom. The van der Waals surface area contributed by atoms with Gasteiger partial charge in [-0.15, -0.1) is 0 Å². The Kier molecular flexibility index (Phi) is 5.54. The highest BCUT2D eigenvalue weighted by atomic mass is 32.2. The summed E-state index contributed by atoms with van der Waals surface area (Å²) in [6.45, 7) is 0.826. The third-order valence-electron chi connectivity index (χ3n) is 2.56. The summed E-state index contributed by atoms with van der Waals surface area (Å²) in [5, 5.41) is 15.1. The summed E-state index contributed by atoms with van der Waals surface area (Å²) >= 11 is 0. The number of sulfonamides is 1. The van der Waals surface area contributed by atoms with Gasteiger partial charge in [-0.25, -0.2) is 13.1 Å². The van der Waals surface area contributed by atoms with E-state index in [-0.39, 0.29) is 35.7 Å². The molecular weight excluding hydrogens is 299 g/mol. The highest BCUT2D eigenvalue weighted by Gasteiger charge is 2.26. The van der Waals surface area contributed by atoms with Gasteiger partial charge in [0.2, 0.25) is 10.0 Å². The zero-order valence-corrected chi connectivity index (χ0v) is 11.6. The van der Waals surface area contributed by atoms with E-state index in [4.69, 9.17) is 5.11 Å². The average Bonchev–Trinajstić information content (AvgIpc) is 2.69. The standard InChI is InChI=1S/C10H16F3N3O3S/c1-7-9(8(6-17)16-15-7)20(18,19)14-5-3-2-4-10(11,12)13/h14,17H,2-6H2,1H3,(H,15,16). The topological polar surface area (TPSA) is 95.1 Å². The first-order valence-corrected chi connectivity index (χ1v) is 7.37. The van der Waals surface area contributed by atoms with Crippen molar-refractivity contribution in [1.82, 2.24) is 14.9 Å². The third-order valence-corrected chi connectivity index (χ3v) is 4.22. The lowest BCUT2D eigenvalue weighted by Crippen LogP contribution is -2.26. The van der Waals surface area contributed by atoms with E-state index >= 15 is 0 Å². The SMILES string of the molecule is Cc1[nH]nc(CO)c1S(=O)(=O)NCCCCC(F)(F)F. The van der Waals surface area contributed by atoms with E-state index in [0.29, 0.717) is 0 Å². The number of halogens is 3. The van der Waals surface area contributed by atoms with Crippen LogP contribution in [0.5, 0.6) is 0 Å². The molecule has 3 N–H and O–H groups in total. The van der Waals surface area contributed by atoms with Crippen molar-refractivity contribution in [3.63, 3.8) is 0 Å². The van der Waals surface area contributed by atoms with Crippen molar-refractivity contribution in [2.75, 3.05) is 6.54 Å². The molecule has 0 aromatic carbocycles. The summed E-state index contributed by atoms with van der Waals surface area (Å²) in [5.41, 5.74) is 0.238.